The SMILES string of the molecule is CC(C)=CCC[C@@H](C)CCOC(=O)CCC(=O)Nc1nc2ccccc2s1. The summed E-state index contributed by atoms with van der Waals surface area (Å²) < 4.78 is 6.26. The van der Waals surface area contributed by atoms with Gasteiger partial charge < -0.3 is 10.1 Å². The van der Waals surface area contributed by atoms with Crippen LogP contribution in [0.4, 0.5) is 5.13 Å². The lowest BCUT2D eigenvalue weighted by molar-refractivity contribution is -0.145. The molecule has 0 aliphatic rings. The van der Waals surface area contributed by atoms with Crippen molar-refractivity contribution in [3.63, 3.8) is 0 Å². The molecule has 1 aromatic carbocycles. The zero-order valence-corrected chi connectivity index (χ0v) is 17.1. The van der Waals surface area contributed by atoms with Gasteiger partial charge in [0, 0.05) is 6.42 Å². The fourth-order valence-corrected chi connectivity index (χ4v) is 3.45. The van der Waals surface area contributed by atoms with Crippen LogP contribution >= 0.6 is 11.3 Å². The summed E-state index contributed by atoms with van der Waals surface area (Å²) in [6.45, 7) is 6.77. The highest BCUT2D eigenvalue weighted by atomic mass is 32.1. The van der Waals surface area contributed by atoms with Crippen LogP contribution in [0.15, 0.2) is 35.9 Å². The van der Waals surface area contributed by atoms with Crippen LogP contribution in [0.5, 0.6) is 0 Å². The first-order valence-electron chi connectivity index (χ1n) is 9.38. The lowest BCUT2D eigenvalue weighted by Crippen LogP contribution is -2.15. The van der Waals surface area contributed by atoms with E-state index in [9.17, 15) is 9.59 Å². The molecule has 0 unspecified atom stereocenters. The summed E-state index contributed by atoms with van der Waals surface area (Å²) >= 11 is 1.42. The molecule has 6 heteroatoms. The van der Waals surface area contributed by atoms with Gasteiger partial charge >= 0.3 is 5.97 Å². The van der Waals surface area contributed by atoms with Crippen molar-refractivity contribution in [2.45, 2.75) is 52.9 Å². The van der Waals surface area contributed by atoms with Gasteiger partial charge in [-0.15, -0.1) is 0 Å². The Morgan fingerprint density at radius 3 is 2.74 bits per heavy atom. The van der Waals surface area contributed by atoms with Crippen molar-refractivity contribution in [1.29, 1.82) is 0 Å². The monoisotopic (exact) mass is 388 g/mol. The normalized spacial score (nSPS) is 11.8. The molecule has 1 atom stereocenters. The number of hydrogen-bond donors (Lipinski definition) is 1. The molecule has 1 amide bonds. The highest BCUT2D eigenvalue weighted by molar-refractivity contribution is 7.22. The van der Waals surface area contributed by atoms with Crippen molar-refractivity contribution in [3.05, 3.63) is 35.9 Å². The first kappa shape index (κ1) is 21.1. The number of thiazole rings is 1. The number of fused-ring (bicyclic) bond motifs is 1. The summed E-state index contributed by atoms with van der Waals surface area (Å²) in [5, 5.41) is 3.30. The average molecular weight is 389 g/mol. The van der Waals surface area contributed by atoms with Gasteiger partial charge in [0.2, 0.25) is 5.91 Å². The Morgan fingerprint density at radius 1 is 1.22 bits per heavy atom. The number of hydrogen-bond acceptors (Lipinski definition) is 5. The highest BCUT2D eigenvalue weighted by Gasteiger charge is 2.11. The first-order valence-corrected chi connectivity index (χ1v) is 10.2. The maximum Gasteiger partial charge on any atom is 0.306 e. The lowest BCUT2D eigenvalue weighted by atomic mass is 10.0. The largest absolute Gasteiger partial charge is 0.466 e. The van der Waals surface area contributed by atoms with Crippen LogP contribution < -0.4 is 5.32 Å². The van der Waals surface area contributed by atoms with Crippen LogP contribution in [0, 0.1) is 5.92 Å². The molecule has 0 aliphatic heterocycles. The maximum absolute atomic E-state index is 12.0. The van der Waals surface area contributed by atoms with Gasteiger partial charge in [0.1, 0.15) is 0 Å². The number of esters is 1. The van der Waals surface area contributed by atoms with Crippen molar-refractivity contribution in [1.82, 2.24) is 4.98 Å². The second kappa shape index (κ2) is 10.8. The number of benzene rings is 1. The fraction of sp³-hybridized carbons (Fsp3) is 0.476. The van der Waals surface area contributed by atoms with E-state index in [2.05, 4.69) is 37.1 Å². The summed E-state index contributed by atoms with van der Waals surface area (Å²) in [5.74, 6) is -0.0391. The number of aromatic nitrogens is 1. The third-order valence-electron chi connectivity index (χ3n) is 4.18. The Bertz CT molecular complexity index is 761. The summed E-state index contributed by atoms with van der Waals surface area (Å²) in [6.07, 6.45) is 5.41. The molecule has 5 nitrogen and oxygen atoms in total. The molecule has 0 saturated heterocycles. The van der Waals surface area contributed by atoms with Gasteiger partial charge in [0.05, 0.1) is 23.2 Å². The molecule has 1 N–H and O–H groups in total. The summed E-state index contributed by atoms with van der Waals surface area (Å²) in [6, 6.07) is 7.71. The Labute approximate surface area is 164 Å². The van der Waals surface area contributed by atoms with Crippen molar-refractivity contribution in [2.24, 2.45) is 5.92 Å². The molecule has 0 fully saturated rings. The molecule has 2 aromatic rings. The number of anilines is 1. The molecular formula is C21H28N2O3S. The molecule has 0 saturated carbocycles. The molecule has 27 heavy (non-hydrogen) atoms. The van der Waals surface area contributed by atoms with Gasteiger partial charge in [-0.3, -0.25) is 9.59 Å². The van der Waals surface area contributed by atoms with Gasteiger partial charge in [-0.25, -0.2) is 4.98 Å². The zero-order chi connectivity index (χ0) is 19.6. The minimum absolute atomic E-state index is 0.0862. The number of nitrogens with zero attached hydrogens (tertiary/aromatic N) is 1. The number of carbonyl (C=O) groups excluding carboxylic acids is 2. The van der Waals surface area contributed by atoms with E-state index in [0.29, 0.717) is 17.7 Å². The maximum atomic E-state index is 12.0. The quantitative estimate of drug-likeness (QED) is 0.441. The third-order valence-corrected chi connectivity index (χ3v) is 5.13. The van der Waals surface area contributed by atoms with Crippen LogP contribution in [0.3, 0.4) is 0 Å². The van der Waals surface area contributed by atoms with Crippen molar-refractivity contribution < 1.29 is 14.3 Å². The van der Waals surface area contributed by atoms with Crippen molar-refractivity contribution in [2.75, 3.05) is 11.9 Å². The predicted octanol–water partition coefficient (Wildman–Crippen LogP) is 5.33. The Balaban J connectivity index is 1.62. The van der Waals surface area contributed by atoms with Gasteiger partial charge in [-0.1, -0.05) is 42.0 Å². The van der Waals surface area contributed by atoms with E-state index in [1.54, 1.807) is 0 Å². The standard InChI is InChI=1S/C21H28N2O3S/c1-15(2)7-6-8-16(3)13-14-26-20(25)12-11-19(24)23-21-22-17-9-4-5-10-18(17)27-21/h4-5,7,9-10,16H,6,8,11-14H2,1-3H3,(H,22,23,24)/t16-/m1/s1. The number of allylic oxidation sites excluding steroid dienone is 2. The fourth-order valence-electron chi connectivity index (χ4n) is 2.57. The average Bonchev–Trinajstić information content (AvgIpc) is 3.01. The van der Waals surface area contributed by atoms with Crippen LogP contribution in [0.25, 0.3) is 10.2 Å². The molecule has 0 radical (unpaired) electrons. The molecule has 1 aromatic heterocycles. The van der Waals surface area contributed by atoms with Gasteiger partial charge in [0.15, 0.2) is 5.13 Å². The lowest BCUT2D eigenvalue weighted by Gasteiger charge is -2.10. The highest BCUT2D eigenvalue weighted by Crippen LogP contribution is 2.25. The van der Waals surface area contributed by atoms with Crippen LogP contribution in [-0.4, -0.2) is 23.5 Å². The van der Waals surface area contributed by atoms with Gasteiger partial charge in [0.25, 0.3) is 0 Å². The molecule has 2 rings (SSSR count). The van der Waals surface area contributed by atoms with E-state index in [1.165, 1.54) is 16.9 Å². The first-order chi connectivity index (χ1) is 12.9. The van der Waals surface area contributed by atoms with E-state index < -0.39 is 0 Å². The molecule has 1 heterocycles. The van der Waals surface area contributed by atoms with E-state index in [-0.39, 0.29) is 24.7 Å². The minimum atomic E-state index is -0.328. The third kappa shape index (κ3) is 7.91. The van der Waals surface area contributed by atoms with E-state index >= 15 is 0 Å². The predicted molar refractivity (Wildman–Crippen MR) is 111 cm³/mol. The second-order valence-corrected chi connectivity index (χ2v) is 8.04. The van der Waals surface area contributed by atoms with Crippen LogP contribution in [0.2, 0.25) is 0 Å². The molecular weight excluding hydrogens is 360 g/mol. The van der Waals surface area contributed by atoms with Crippen molar-refractivity contribution in [3.8, 4) is 0 Å². The molecule has 0 spiro atoms. The number of carbonyl (C=O) groups is 2. The molecule has 0 aliphatic carbocycles. The second-order valence-electron chi connectivity index (χ2n) is 7.01. The van der Waals surface area contributed by atoms with E-state index in [1.807, 2.05) is 24.3 Å². The number of nitrogens with one attached hydrogen (secondary N) is 1. The minimum Gasteiger partial charge on any atom is -0.466 e. The number of para-hydroxylation sites is 1. The Hall–Kier alpha value is -2.21. The number of ether oxygens (including phenoxy) is 1. The van der Waals surface area contributed by atoms with E-state index in [0.717, 1.165) is 29.5 Å². The topological polar surface area (TPSA) is 68.3 Å². The van der Waals surface area contributed by atoms with Crippen LogP contribution in [0.1, 0.15) is 52.9 Å². The number of rotatable bonds is 10. The summed E-state index contributed by atoms with van der Waals surface area (Å²) in [7, 11) is 0. The molecule has 0 bridgehead atoms. The van der Waals surface area contributed by atoms with E-state index in [4.69, 9.17) is 4.74 Å². The van der Waals surface area contributed by atoms with Crippen molar-refractivity contribution >= 4 is 38.6 Å². The Kier molecular flexibility index (Phi) is 8.45. The van der Waals surface area contributed by atoms with Crippen LogP contribution in [-0.2, 0) is 14.3 Å². The summed E-state index contributed by atoms with van der Waals surface area (Å²) in [4.78, 5) is 28.1. The molecule has 146 valence electrons. The van der Waals surface area contributed by atoms with Gasteiger partial charge in [-0.05, 0) is 51.2 Å². The Morgan fingerprint density at radius 2 is 2.00 bits per heavy atom. The summed E-state index contributed by atoms with van der Waals surface area (Å²) in [5.41, 5.74) is 2.19. The number of amides is 1. The van der Waals surface area contributed by atoms with Gasteiger partial charge in [-0.2, -0.15) is 0 Å². The zero-order valence-electron chi connectivity index (χ0n) is 16.3. The smallest absolute Gasteiger partial charge is 0.306 e.